The van der Waals surface area contributed by atoms with Crippen molar-refractivity contribution in [3.8, 4) is 0 Å². The molecule has 0 aliphatic rings. The minimum absolute atomic E-state index is 0.00678. The lowest BCUT2D eigenvalue weighted by molar-refractivity contribution is -0.118. The van der Waals surface area contributed by atoms with Crippen molar-refractivity contribution in [2.75, 3.05) is 5.32 Å². The highest BCUT2D eigenvalue weighted by Crippen LogP contribution is 2.30. The molecule has 0 aliphatic carbocycles. The third-order valence-corrected chi connectivity index (χ3v) is 3.61. The van der Waals surface area contributed by atoms with Gasteiger partial charge in [0.25, 0.3) is 0 Å². The quantitative estimate of drug-likeness (QED) is 0.778. The Kier molecular flexibility index (Phi) is 5.80. The van der Waals surface area contributed by atoms with E-state index >= 15 is 0 Å². The number of benzene rings is 1. The lowest BCUT2D eigenvalue weighted by atomic mass is 9.99. The fourth-order valence-corrected chi connectivity index (χ4v) is 2.13. The van der Waals surface area contributed by atoms with Crippen molar-refractivity contribution in [3.63, 3.8) is 0 Å². The maximum absolute atomic E-state index is 12.0. The molecule has 1 amide bonds. The Balaban J connectivity index is 3.09. The standard InChI is InChI=1S/C13H16Cl2N2O3/c1-3-6(2)10(16)12(18)17-11-8(13(19)20)4-7(14)5-9(11)15/h4-6,10H,3,16H2,1-2H3,(H,17,18)(H,19,20)/t6?,10-/m0/s1. The zero-order chi connectivity index (χ0) is 15.4. The van der Waals surface area contributed by atoms with Gasteiger partial charge in [0, 0.05) is 5.02 Å². The van der Waals surface area contributed by atoms with E-state index in [1.807, 2.05) is 13.8 Å². The van der Waals surface area contributed by atoms with E-state index in [0.717, 1.165) is 6.42 Å². The summed E-state index contributed by atoms with van der Waals surface area (Å²) in [6.45, 7) is 3.75. The number of rotatable bonds is 5. The molecule has 0 aliphatic heterocycles. The Bertz CT molecular complexity index is 535. The molecule has 0 spiro atoms. The first-order valence-corrected chi connectivity index (χ1v) is 6.82. The molecule has 0 radical (unpaired) electrons. The van der Waals surface area contributed by atoms with Crippen molar-refractivity contribution in [2.45, 2.75) is 26.3 Å². The Morgan fingerprint density at radius 3 is 2.50 bits per heavy atom. The normalized spacial score (nSPS) is 13.7. The van der Waals surface area contributed by atoms with Gasteiger partial charge in [-0.1, -0.05) is 43.5 Å². The number of nitrogens with two attached hydrogens (primary N) is 1. The predicted molar refractivity (Wildman–Crippen MR) is 79.5 cm³/mol. The van der Waals surface area contributed by atoms with Gasteiger partial charge in [-0.05, 0) is 18.1 Å². The van der Waals surface area contributed by atoms with Gasteiger partial charge >= 0.3 is 5.97 Å². The van der Waals surface area contributed by atoms with E-state index < -0.39 is 17.9 Å². The zero-order valence-corrected chi connectivity index (χ0v) is 12.6. The molecule has 2 atom stereocenters. The maximum atomic E-state index is 12.0. The molecule has 1 rings (SSSR count). The molecule has 0 bridgehead atoms. The first kappa shape index (κ1) is 16.8. The molecule has 0 saturated carbocycles. The molecule has 1 unspecified atom stereocenters. The summed E-state index contributed by atoms with van der Waals surface area (Å²) < 4.78 is 0. The molecule has 20 heavy (non-hydrogen) atoms. The van der Waals surface area contributed by atoms with Gasteiger partial charge in [-0.15, -0.1) is 0 Å². The second kappa shape index (κ2) is 6.92. The summed E-state index contributed by atoms with van der Waals surface area (Å²) in [6.07, 6.45) is 0.731. The zero-order valence-electron chi connectivity index (χ0n) is 11.1. The van der Waals surface area contributed by atoms with Crippen molar-refractivity contribution in [2.24, 2.45) is 11.7 Å². The van der Waals surface area contributed by atoms with Crippen molar-refractivity contribution in [1.29, 1.82) is 0 Å². The fourth-order valence-electron chi connectivity index (χ4n) is 1.59. The maximum Gasteiger partial charge on any atom is 0.337 e. The van der Waals surface area contributed by atoms with Crippen LogP contribution in [0.3, 0.4) is 0 Å². The monoisotopic (exact) mass is 318 g/mol. The van der Waals surface area contributed by atoms with E-state index in [-0.39, 0.29) is 27.2 Å². The Morgan fingerprint density at radius 1 is 1.40 bits per heavy atom. The minimum atomic E-state index is -1.23. The highest BCUT2D eigenvalue weighted by Gasteiger charge is 2.23. The predicted octanol–water partition coefficient (Wildman–Crippen LogP) is 3.00. The van der Waals surface area contributed by atoms with Gasteiger partial charge < -0.3 is 16.2 Å². The molecule has 0 fully saturated rings. The molecule has 1 aromatic rings. The largest absolute Gasteiger partial charge is 0.478 e. The lowest BCUT2D eigenvalue weighted by Crippen LogP contribution is -2.41. The summed E-state index contributed by atoms with van der Waals surface area (Å²) in [6, 6.07) is 1.84. The van der Waals surface area contributed by atoms with Crippen LogP contribution in [0.2, 0.25) is 10.0 Å². The number of amides is 1. The second-order valence-corrected chi connectivity index (χ2v) is 5.36. The van der Waals surface area contributed by atoms with Crippen LogP contribution < -0.4 is 11.1 Å². The van der Waals surface area contributed by atoms with E-state index in [2.05, 4.69) is 5.32 Å². The minimum Gasteiger partial charge on any atom is -0.478 e. The summed E-state index contributed by atoms with van der Waals surface area (Å²) in [5.74, 6) is -1.75. The van der Waals surface area contributed by atoms with E-state index in [9.17, 15) is 9.59 Å². The highest BCUT2D eigenvalue weighted by molar-refractivity contribution is 6.37. The van der Waals surface area contributed by atoms with Gasteiger partial charge in [0.05, 0.1) is 22.3 Å². The van der Waals surface area contributed by atoms with Crippen molar-refractivity contribution < 1.29 is 14.7 Å². The van der Waals surface area contributed by atoms with Crippen LogP contribution in [0.25, 0.3) is 0 Å². The summed E-state index contributed by atoms with van der Waals surface area (Å²) in [5.41, 5.74) is 5.63. The average Bonchev–Trinajstić information content (AvgIpc) is 2.39. The molecular formula is C13H16Cl2N2O3. The second-order valence-electron chi connectivity index (χ2n) is 4.52. The van der Waals surface area contributed by atoms with Gasteiger partial charge in [-0.3, -0.25) is 4.79 Å². The van der Waals surface area contributed by atoms with Crippen LogP contribution in [0.15, 0.2) is 12.1 Å². The van der Waals surface area contributed by atoms with E-state index in [1.165, 1.54) is 12.1 Å². The van der Waals surface area contributed by atoms with E-state index in [1.54, 1.807) is 0 Å². The number of halogens is 2. The third kappa shape index (κ3) is 3.85. The molecule has 5 nitrogen and oxygen atoms in total. The lowest BCUT2D eigenvalue weighted by Gasteiger charge is -2.19. The molecule has 0 heterocycles. The molecule has 110 valence electrons. The van der Waals surface area contributed by atoms with Crippen LogP contribution in [0.1, 0.15) is 30.6 Å². The summed E-state index contributed by atoms with van der Waals surface area (Å²) in [7, 11) is 0. The van der Waals surface area contributed by atoms with Crippen molar-refractivity contribution in [3.05, 3.63) is 27.7 Å². The number of hydrogen-bond acceptors (Lipinski definition) is 3. The number of aromatic carboxylic acids is 1. The molecule has 0 aromatic heterocycles. The van der Waals surface area contributed by atoms with Crippen LogP contribution in [-0.2, 0) is 4.79 Å². The van der Waals surface area contributed by atoms with Gasteiger partial charge in [0.1, 0.15) is 0 Å². The van der Waals surface area contributed by atoms with Gasteiger partial charge in [0.15, 0.2) is 0 Å². The summed E-state index contributed by atoms with van der Waals surface area (Å²) in [5, 5.41) is 11.8. The molecule has 1 aromatic carbocycles. The number of anilines is 1. The third-order valence-electron chi connectivity index (χ3n) is 3.09. The Labute approximate surface area is 127 Å². The number of hydrogen-bond donors (Lipinski definition) is 3. The molecule has 7 heteroatoms. The average molecular weight is 319 g/mol. The molecule has 0 saturated heterocycles. The van der Waals surface area contributed by atoms with E-state index in [4.69, 9.17) is 34.0 Å². The highest BCUT2D eigenvalue weighted by atomic mass is 35.5. The van der Waals surface area contributed by atoms with E-state index in [0.29, 0.717) is 0 Å². The van der Waals surface area contributed by atoms with Crippen LogP contribution >= 0.6 is 23.2 Å². The number of carbonyl (C=O) groups is 2. The number of nitrogens with one attached hydrogen (secondary N) is 1. The first-order valence-electron chi connectivity index (χ1n) is 6.06. The van der Waals surface area contributed by atoms with Crippen LogP contribution in [0.4, 0.5) is 5.69 Å². The van der Waals surface area contributed by atoms with Gasteiger partial charge in [-0.25, -0.2) is 4.79 Å². The smallest absolute Gasteiger partial charge is 0.337 e. The Morgan fingerprint density at radius 2 is 2.00 bits per heavy atom. The summed E-state index contributed by atoms with van der Waals surface area (Å²) in [4.78, 5) is 23.2. The van der Waals surface area contributed by atoms with Crippen LogP contribution in [-0.4, -0.2) is 23.0 Å². The topological polar surface area (TPSA) is 92.4 Å². The van der Waals surface area contributed by atoms with Gasteiger partial charge in [0.2, 0.25) is 5.91 Å². The van der Waals surface area contributed by atoms with Crippen molar-refractivity contribution in [1.82, 2.24) is 0 Å². The molecular weight excluding hydrogens is 303 g/mol. The summed E-state index contributed by atoms with van der Waals surface area (Å²) >= 11 is 11.7. The van der Waals surface area contributed by atoms with Crippen molar-refractivity contribution >= 4 is 40.8 Å². The number of carboxylic acid groups (broad SMARTS) is 1. The SMILES string of the molecule is CCC(C)[C@H](N)C(=O)Nc1c(Cl)cc(Cl)cc1C(=O)O. The molecule has 4 N–H and O–H groups in total. The van der Waals surface area contributed by atoms with Crippen LogP contribution in [0.5, 0.6) is 0 Å². The number of carboxylic acids is 1. The fraction of sp³-hybridized carbons (Fsp3) is 0.385. The first-order chi connectivity index (χ1) is 9.27. The Hall–Kier alpha value is -1.30. The number of carbonyl (C=O) groups excluding carboxylic acids is 1. The van der Waals surface area contributed by atoms with Crippen LogP contribution in [0, 0.1) is 5.92 Å². The van der Waals surface area contributed by atoms with Gasteiger partial charge in [-0.2, -0.15) is 0 Å².